The maximum Gasteiger partial charge on any atom is 0.164 e. The van der Waals surface area contributed by atoms with Crippen molar-refractivity contribution < 1.29 is 0 Å². The van der Waals surface area contributed by atoms with Crippen molar-refractivity contribution >= 4 is 191 Å². The molecular weight excluding hydrogens is 819 g/mol. The normalized spacial score (nSPS) is 11.9. The number of fused-ring (bicyclic) bond motifs is 9. The SMILES string of the molecule is Bc1c(B)c(B)c2c(c1B)c1c(B)c(B)c(B)c(B)c1n2-c1ccc2c(c1)sc1cc(-c3ccc4c(c3)sc3cccc(-c5nc(-c6ccccc6)nc(-c6ccccc6)n5)c34)ccc12. The fourth-order valence-corrected chi connectivity index (χ4v) is 12.7. The predicted molar refractivity (Wildman–Crippen MR) is 307 cm³/mol. The second kappa shape index (κ2) is 15.0. The Morgan fingerprint density at radius 2 is 0.800 bits per heavy atom. The van der Waals surface area contributed by atoms with Crippen LogP contribution in [0, 0.1) is 0 Å². The van der Waals surface area contributed by atoms with Crippen molar-refractivity contribution in [2.75, 3.05) is 0 Å². The molecule has 8 aromatic carbocycles. The van der Waals surface area contributed by atoms with Gasteiger partial charge >= 0.3 is 0 Å². The van der Waals surface area contributed by atoms with E-state index >= 15 is 0 Å². The van der Waals surface area contributed by atoms with E-state index in [1.165, 1.54) is 123 Å². The number of hydrogen-bond donors (Lipinski definition) is 0. The second-order valence-electron chi connectivity index (χ2n) is 17.8. The first kappa shape index (κ1) is 40.1. The fourth-order valence-electron chi connectivity index (χ4n) is 10.3. The molecule has 0 aliphatic rings. The summed E-state index contributed by atoms with van der Waals surface area (Å²) in [5.41, 5.74) is 20.3. The highest BCUT2D eigenvalue weighted by Crippen LogP contribution is 2.43. The first-order valence-corrected chi connectivity index (χ1v) is 24.0. The maximum absolute atomic E-state index is 5.10. The number of thiophene rings is 2. The van der Waals surface area contributed by atoms with Crippen LogP contribution in [0.2, 0.25) is 0 Å². The smallest absolute Gasteiger partial charge is 0.164 e. The number of aromatic nitrogens is 4. The van der Waals surface area contributed by atoms with Gasteiger partial charge in [0.2, 0.25) is 0 Å². The van der Waals surface area contributed by atoms with E-state index in [-0.39, 0.29) is 0 Å². The van der Waals surface area contributed by atoms with Crippen LogP contribution in [0.25, 0.3) is 113 Å². The van der Waals surface area contributed by atoms with Gasteiger partial charge in [0, 0.05) is 73.8 Å². The largest absolute Gasteiger partial charge is 0.310 e. The van der Waals surface area contributed by atoms with Crippen LogP contribution in [0.5, 0.6) is 0 Å². The summed E-state index contributed by atoms with van der Waals surface area (Å²) in [6.07, 6.45) is 0. The third-order valence-corrected chi connectivity index (χ3v) is 16.7. The molecule has 12 aromatic rings. The summed E-state index contributed by atoms with van der Waals surface area (Å²) in [6.45, 7) is 0. The average Bonchev–Trinajstić information content (AvgIpc) is 4.03. The molecule has 4 nitrogen and oxygen atoms in total. The molecule has 0 N–H and O–H groups in total. The van der Waals surface area contributed by atoms with E-state index in [4.69, 9.17) is 15.0 Å². The van der Waals surface area contributed by atoms with Gasteiger partial charge in [-0.25, -0.2) is 15.0 Å². The van der Waals surface area contributed by atoms with Gasteiger partial charge in [-0.05, 0) is 52.2 Å². The zero-order valence-electron chi connectivity index (χ0n) is 37.8. The summed E-state index contributed by atoms with van der Waals surface area (Å²) in [5.74, 6) is 2.01. The van der Waals surface area contributed by atoms with Crippen LogP contribution in [0.15, 0.2) is 133 Å². The Bertz CT molecular complexity index is 3860. The topological polar surface area (TPSA) is 43.6 Å². The number of nitrogens with zero attached hydrogens (tertiary/aromatic N) is 4. The van der Waals surface area contributed by atoms with Crippen LogP contribution in [0.4, 0.5) is 0 Å². The molecule has 14 heteroatoms. The molecule has 0 fully saturated rings. The minimum Gasteiger partial charge on any atom is -0.310 e. The monoisotopic (exact) mass is 858 g/mol. The lowest BCUT2D eigenvalue weighted by Crippen LogP contribution is -2.49. The minimum absolute atomic E-state index is 0.665. The lowest BCUT2D eigenvalue weighted by atomic mass is 9.63. The molecule has 0 atom stereocenters. The van der Waals surface area contributed by atoms with Gasteiger partial charge in [0.05, 0.1) is 0 Å². The van der Waals surface area contributed by atoms with Crippen LogP contribution >= 0.6 is 22.7 Å². The summed E-state index contributed by atoms with van der Waals surface area (Å²) in [5, 5.41) is 7.79. The maximum atomic E-state index is 5.10. The van der Waals surface area contributed by atoms with Gasteiger partial charge in [-0.3, -0.25) is 0 Å². The first-order valence-electron chi connectivity index (χ1n) is 22.4. The van der Waals surface area contributed by atoms with E-state index < -0.39 is 0 Å². The van der Waals surface area contributed by atoms with Crippen molar-refractivity contribution in [2.45, 2.75) is 0 Å². The Kier molecular flexibility index (Phi) is 9.28. The molecule has 0 aliphatic heterocycles. The fraction of sp³-hybridized carbons (Fsp3) is 0. The average molecular weight is 858 g/mol. The molecule has 0 amide bonds. The van der Waals surface area contributed by atoms with Gasteiger partial charge in [-0.15, -0.1) is 33.6 Å². The van der Waals surface area contributed by atoms with Crippen LogP contribution in [-0.2, 0) is 0 Å². The van der Waals surface area contributed by atoms with Crippen molar-refractivity contribution in [3.05, 3.63) is 133 Å². The Balaban J connectivity index is 0.972. The van der Waals surface area contributed by atoms with Crippen LogP contribution in [0.3, 0.4) is 0 Å². The van der Waals surface area contributed by atoms with Crippen LogP contribution in [0.1, 0.15) is 0 Å². The number of rotatable bonds is 5. The van der Waals surface area contributed by atoms with Crippen molar-refractivity contribution in [2.24, 2.45) is 0 Å². The van der Waals surface area contributed by atoms with E-state index in [0.717, 1.165) is 16.7 Å². The molecule has 0 radical (unpaired) electrons. The van der Waals surface area contributed by atoms with Gasteiger partial charge in [0.15, 0.2) is 17.5 Å². The van der Waals surface area contributed by atoms with E-state index in [9.17, 15) is 0 Å². The van der Waals surface area contributed by atoms with Crippen molar-refractivity contribution in [3.8, 4) is 51.0 Å². The molecule has 0 unspecified atom stereocenters. The summed E-state index contributed by atoms with van der Waals surface area (Å²) in [4.78, 5) is 15.2. The lowest BCUT2D eigenvalue weighted by molar-refractivity contribution is 1.08. The molecule has 0 saturated carbocycles. The molecule has 65 heavy (non-hydrogen) atoms. The molecule has 298 valence electrons. The van der Waals surface area contributed by atoms with Gasteiger partial charge in [0.25, 0.3) is 0 Å². The van der Waals surface area contributed by atoms with Crippen molar-refractivity contribution in [3.63, 3.8) is 0 Å². The quantitative estimate of drug-likeness (QED) is 0.237. The lowest BCUT2D eigenvalue weighted by Gasteiger charge is -2.17. The van der Waals surface area contributed by atoms with E-state index in [1.54, 1.807) is 0 Å². The summed E-state index contributed by atoms with van der Waals surface area (Å²) >= 11 is 3.72. The molecule has 0 bridgehead atoms. The molecule has 0 saturated heterocycles. The Hall–Kier alpha value is -6.47. The zero-order chi connectivity index (χ0) is 44.4. The Morgan fingerprint density at radius 3 is 1.37 bits per heavy atom. The first-order chi connectivity index (χ1) is 31.5. The number of hydrogen-bond acceptors (Lipinski definition) is 5. The highest BCUT2D eigenvalue weighted by Gasteiger charge is 2.24. The van der Waals surface area contributed by atoms with Crippen LogP contribution < -0.4 is 43.7 Å². The third-order valence-electron chi connectivity index (χ3n) is 14.5. The van der Waals surface area contributed by atoms with Gasteiger partial charge < -0.3 is 4.57 Å². The van der Waals surface area contributed by atoms with E-state index in [0.29, 0.717) is 17.5 Å². The summed E-state index contributed by atoms with van der Waals surface area (Å²) in [6, 6.07) is 47.9. The van der Waals surface area contributed by atoms with Crippen LogP contribution in [-0.4, -0.2) is 82.3 Å². The second-order valence-corrected chi connectivity index (χ2v) is 20.0. The molecular formula is C51H38B8N4S2. The third kappa shape index (κ3) is 6.10. The Labute approximate surface area is 392 Å². The van der Waals surface area contributed by atoms with Gasteiger partial charge in [-0.2, -0.15) is 0 Å². The molecule has 0 aliphatic carbocycles. The highest BCUT2D eigenvalue weighted by molar-refractivity contribution is 7.26. The highest BCUT2D eigenvalue weighted by atomic mass is 32.1. The summed E-state index contributed by atoms with van der Waals surface area (Å²) in [7, 11) is 18.4. The minimum atomic E-state index is 0.665. The molecule has 4 heterocycles. The number of benzene rings is 8. The van der Waals surface area contributed by atoms with Crippen molar-refractivity contribution in [1.29, 1.82) is 0 Å². The van der Waals surface area contributed by atoms with Gasteiger partial charge in [0.1, 0.15) is 62.8 Å². The zero-order valence-corrected chi connectivity index (χ0v) is 39.4. The molecule has 12 rings (SSSR count). The van der Waals surface area contributed by atoms with Gasteiger partial charge in [-0.1, -0.05) is 136 Å². The standard InChI is InChI=1S/C51H38B8N4S2/c52-39-37-38-40(53)42(55)44(57)46(59)48(38)63(47(37)45(58)43(56)41(39)54)27-16-19-29-28-17-14-25(20-33(28)65-35(29)22-27)26-15-18-30-34(21-26)64-32-13-7-12-31(36(30)32)51-61-49(23-8-3-1-4-9-23)60-50(62-51)24-10-5-2-6-11-24/h1-22H,52-59H2. The summed E-state index contributed by atoms with van der Waals surface area (Å²) < 4.78 is 7.64. The molecule has 0 spiro atoms. The van der Waals surface area contributed by atoms with E-state index in [1.807, 2.05) is 59.1 Å². The van der Waals surface area contributed by atoms with Crippen molar-refractivity contribution in [1.82, 2.24) is 19.5 Å². The molecule has 4 aromatic heterocycles. The van der Waals surface area contributed by atoms with E-state index in [2.05, 4.69) is 164 Å². The predicted octanol–water partition coefficient (Wildman–Crippen LogP) is 0.440. The Morgan fingerprint density at radius 1 is 0.338 bits per heavy atom.